The molecule has 0 N–H and O–H groups in total. The van der Waals surface area contributed by atoms with Crippen LogP contribution in [0.2, 0.25) is 0 Å². The number of hydrogen-bond donors (Lipinski definition) is 0. The van der Waals surface area contributed by atoms with E-state index in [1.54, 1.807) is 9.12 Å². The van der Waals surface area contributed by atoms with Crippen molar-refractivity contribution in [1.29, 1.82) is 0 Å². The topological polar surface area (TPSA) is 17.8 Å². The lowest BCUT2D eigenvalue weighted by atomic mass is 10.0. The number of benzene rings is 1. The molecular weight excluding hydrogens is 435 g/mol. The van der Waals surface area contributed by atoms with E-state index >= 15 is 0 Å². The number of aromatic nitrogens is 2. The average Bonchev–Trinajstić information content (AvgIpc) is 2.76. The smallest absolute Gasteiger partial charge is 0.151 e. The Morgan fingerprint density at radius 2 is 2.16 bits per heavy atom. The Bertz CT molecular complexity index is 754. The van der Waals surface area contributed by atoms with E-state index in [9.17, 15) is 0 Å². The first-order chi connectivity index (χ1) is 9.19. The van der Waals surface area contributed by atoms with E-state index in [4.69, 9.17) is 0 Å². The van der Waals surface area contributed by atoms with E-state index in [2.05, 4.69) is 89.5 Å². The quantitative estimate of drug-likeness (QED) is 0.477. The summed E-state index contributed by atoms with van der Waals surface area (Å²) in [4.78, 5) is 4.51. The van der Waals surface area contributed by atoms with Crippen molar-refractivity contribution in [3.8, 4) is 11.1 Å². The maximum Gasteiger partial charge on any atom is 0.151 e. The molecule has 0 saturated heterocycles. The van der Waals surface area contributed by atoms with Gasteiger partial charge in [-0.15, -0.1) is 0 Å². The highest BCUT2D eigenvalue weighted by molar-refractivity contribution is 14.2. The maximum atomic E-state index is 4.51. The summed E-state index contributed by atoms with van der Waals surface area (Å²) in [6.07, 6.45) is 3.99. The van der Waals surface area contributed by atoms with Gasteiger partial charge in [-0.25, -0.2) is 4.98 Å². The van der Waals surface area contributed by atoms with Gasteiger partial charge in [0.1, 0.15) is 0 Å². The van der Waals surface area contributed by atoms with Crippen molar-refractivity contribution in [1.82, 2.24) is 8.96 Å². The van der Waals surface area contributed by atoms with Crippen LogP contribution in [0, 0.1) is 6.92 Å². The monoisotopic (exact) mass is 444 g/mol. The van der Waals surface area contributed by atoms with Gasteiger partial charge in [-0.3, -0.25) is 3.97 Å². The highest BCUT2D eigenvalue weighted by Gasteiger charge is 2.12. The van der Waals surface area contributed by atoms with E-state index < -0.39 is 0 Å². The minimum atomic E-state index is 0.999. The molecular formula is C14H10BrIN2S. The van der Waals surface area contributed by atoms with Gasteiger partial charge in [0, 0.05) is 58.1 Å². The predicted molar refractivity (Wildman–Crippen MR) is 94.6 cm³/mol. The third-order valence-corrected chi connectivity index (χ3v) is 5.12. The maximum absolute atomic E-state index is 4.51. The Morgan fingerprint density at radius 3 is 2.89 bits per heavy atom. The number of rotatable bonds is 2. The van der Waals surface area contributed by atoms with Crippen LogP contribution >= 0.6 is 46.3 Å². The minimum absolute atomic E-state index is 0.999. The van der Waals surface area contributed by atoms with Crippen molar-refractivity contribution in [3.05, 3.63) is 52.8 Å². The van der Waals surface area contributed by atoms with E-state index in [-0.39, 0.29) is 0 Å². The molecule has 96 valence electrons. The molecule has 2 aromatic heterocycles. The number of aryl methyl sites for hydroxylation is 1. The molecule has 0 aliphatic rings. The van der Waals surface area contributed by atoms with Gasteiger partial charge in [0.15, 0.2) is 5.65 Å². The van der Waals surface area contributed by atoms with Gasteiger partial charge in [-0.05, 0) is 34.5 Å². The fourth-order valence-electron chi connectivity index (χ4n) is 2.15. The van der Waals surface area contributed by atoms with Crippen LogP contribution in [0.1, 0.15) is 5.56 Å². The van der Waals surface area contributed by atoms with Crippen molar-refractivity contribution in [2.24, 2.45) is 0 Å². The molecule has 3 rings (SSSR count). The van der Waals surface area contributed by atoms with Crippen LogP contribution in [-0.4, -0.2) is 8.96 Å². The molecule has 0 aliphatic carbocycles. The first-order valence-corrected chi connectivity index (χ1v) is 9.82. The molecule has 0 radical (unpaired) electrons. The summed E-state index contributed by atoms with van der Waals surface area (Å²) in [7, 11) is 1.63. The zero-order chi connectivity index (χ0) is 13.4. The number of hydrogen-bond acceptors (Lipinski definition) is 2. The zero-order valence-electron chi connectivity index (χ0n) is 10.1. The third-order valence-electron chi connectivity index (χ3n) is 2.98. The summed E-state index contributed by atoms with van der Waals surface area (Å²) in [6, 6.07) is 10.7. The normalized spacial score (nSPS) is 11.1. The molecule has 3 aromatic rings. The predicted octanol–water partition coefficient (Wildman–Crippen LogP) is 5.62. The minimum Gasteiger partial charge on any atom is -0.265 e. The number of pyridine rings is 1. The Morgan fingerprint density at radius 1 is 1.32 bits per heavy atom. The second-order valence-corrected chi connectivity index (χ2v) is 6.96. The van der Waals surface area contributed by atoms with E-state index in [1.165, 1.54) is 22.1 Å². The summed E-state index contributed by atoms with van der Waals surface area (Å²) in [5.41, 5.74) is 4.72. The molecule has 0 unspecified atom stereocenters. The molecule has 0 bridgehead atoms. The van der Waals surface area contributed by atoms with Gasteiger partial charge in [0.2, 0.25) is 0 Å². The van der Waals surface area contributed by atoms with Gasteiger partial charge in [-0.1, -0.05) is 29.8 Å². The van der Waals surface area contributed by atoms with Crippen molar-refractivity contribution >= 4 is 57.3 Å². The fraction of sp³-hybridized carbons (Fsp3) is 0.0714. The van der Waals surface area contributed by atoms with E-state index in [1.807, 2.05) is 6.20 Å². The second-order valence-electron chi connectivity index (χ2n) is 4.33. The SMILES string of the molecule is Cc1cccc(-c2cn(SI)c3ncc(Br)cc23)c1. The molecule has 0 aliphatic heterocycles. The van der Waals surface area contributed by atoms with Crippen molar-refractivity contribution in [3.63, 3.8) is 0 Å². The number of nitrogens with zero attached hydrogens (tertiary/aromatic N) is 2. The van der Waals surface area contributed by atoms with Crippen LogP contribution in [0.25, 0.3) is 22.2 Å². The Balaban J connectivity index is 2.31. The van der Waals surface area contributed by atoms with Gasteiger partial charge in [0.25, 0.3) is 0 Å². The molecule has 0 saturated carbocycles. The Hall–Kier alpha value is -0.530. The molecule has 5 heteroatoms. The summed E-state index contributed by atoms with van der Waals surface area (Å²) in [6.45, 7) is 2.12. The third kappa shape index (κ3) is 2.55. The molecule has 0 amide bonds. The van der Waals surface area contributed by atoms with Gasteiger partial charge in [-0.2, -0.15) is 0 Å². The molecule has 0 atom stereocenters. The largest absolute Gasteiger partial charge is 0.265 e. The van der Waals surface area contributed by atoms with Crippen LogP contribution in [-0.2, 0) is 0 Å². The molecule has 2 nitrogen and oxygen atoms in total. The summed E-state index contributed by atoms with van der Waals surface area (Å²) >= 11 is 5.78. The summed E-state index contributed by atoms with van der Waals surface area (Å²) in [5, 5.41) is 1.17. The molecule has 2 heterocycles. The lowest BCUT2D eigenvalue weighted by Gasteiger charge is -2.01. The fourth-order valence-corrected chi connectivity index (χ4v) is 3.74. The number of fused-ring (bicyclic) bond motifs is 1. The Labute approximate surface area is 136 Å². The highest BCUT2D eigenvalue weighted by atomic mass is 127. The van der Waals surface area contributed by atoms with Crippen molar-refractivity contribution < 1.29 is 0 Å². The van der Waals surface area contributed by atoms with Crippen molar-refractivity contribution in [2.75, 3.05) is 0 Å². The van der Waals surface area contributed by atoms with E-state index in [0.717, 1.165) is 10.1 Å². The summed E-state index contributed by atoms with van der Waals surface area (Å²) in [5.74, 6) is 0. The molecule has 0 spiro atoms. The van der Waals surface area contributed by atoms with Gasteiger partial charge in [0.05, 0.1) is 0 Å². The standard InChI is InChI=1S/C14H10BrIN2S/c1-9-3-2-4-10(5-9)13-8-18(19-16)14-12(13)6-11(15)7-17-14/h2-8H,1H3. The van der Waals surface area contributed by atoms with Gasteiger partial charge < -0.3 is 0 Å². The molecule has 1 aromatic carbocycles. The first kappa shape index (κ1) is 13.5. The van der Waals surface area contributed by atoms with Gasteiger partial charge >= 0.3 is 0 Å². The number of halogens is 2. The molecule has 19 heavy (non-hydrogen) atoms. The van der Waals surface area contributed by atoms with Crippen molar-refractivity contribution in [2.45, 2.75) is 6.92 Å². The van der Waals surface area contributed by atoms with Crippen LogP contribution in [0.15, 0.2) is 47.2 Å². The average molecular weight is 445 g/mol. The van der Waals surface area contributed by atoms with Crippen LogP contribution in [0.5, 0.6) is 0 Å². The first-order valence-electron chi connectivity index (χ1n) is 5.72. The lowest BCUT2D eigenvalue weighted by molar-refractivity contribution is 1.26. The lowest BCUT2D eigenvalue weighted by Crippen LogP contribution is -1.82. The summed E-state index contributed by atoms with van der Waals surface area (Å²) < 4.78 is 3.10. The highest BCUT2D eigenvalue weighted by Crippen LogP contribution is 2.35. The molecule has 0 fully saturated rings. The zero-order valence-corrected chi connectivity index (χ0v) is 14.7. The van der Waals surface area contributed by atoms with E-state index in [0.29, 0.717) is 0 Å². The van der Waals surface area contributed by atoms with Crippen LogP contribution in [0.3, 0.4) is 0 Å². The van der Waals surface area contributed by atoms with Crippen LogP contribution in [0.4, 0.5) is 0 Å². The van der Waals surface area contributed by atoms with Crippen LogP contribution < -0.4 is 0 Å². The Kier molecular flexibility index (Phi) is 3.86. The second kappa shape index (κ2) is 5.46.